The summed E-state index contributed by atoms with van der Waals surface area (Å²) in [5.74, 6) is -1.40. The van der Waals surface area contributed by atoms with Gasteiger partial charge in [0.15, 0.2) is 5.78 Å². The van der Waals surface area contributed by atoms with Crippen molar-refractivity contribution in [2.45, 2.75) is 19.4 Å². The van der Waals surface area contributed by atoms with Crippen molar-refractivity contribution in [2.24, 2.45) is 11.3 Å². The van der Waals surface area contributed by atoms with Crippen LogP contribution in [0.1, 0.15) is 23.7 Å². The number of aliphatic hydroxyl groups is 1. The number of hydrogen-bond donors (Lipinski definition) is 1. The lowest BCUT2D eigenvalue weighted by Crippen LogP contribution is -2.37. The van der Waals surface area contributed by atoms with E-state index in [2.05, 4.69) is 6.58 Å². The third-order valence-electron chi connectivity index (χ3n) is 3.83. The molecule has 1 aromatic rings. The molecule has 0 amide bonds. The van der Waals surface area contributed by atoms with Crippen LogP contribution in [-0.4, -0.2) is 29.6 Å². The van der Waals surface area contributed by atoms with Crippen LogP contribution in [0.15, 0.2) is 43.0 Å². The lowest BCUT2D eigenvalue weighted by Gasteiger charge is -2.26. The van der Waals surface area contributed by atoms with E-state index in [-0.39, 0.29) is 18.8 Å². The van der Waals surface area contributed by atoms with Gasteiger partial charge in [0.2, 0.25) is 0 Å². The number of esters is 1. The lowest BCUT2D eigenvalue weighted by atomic mass is 9.75. The third-order valence-corrected chi connectivity index (χ3v) is 3.83. The molecule has 1 aromatic carbocycles. The molecule has 0 aromatic heterocycles. The number of hydrogen-bond acceptors (Lipinski definition) is 4. The molecule has 0 unspecified atom stereocenters. The highest BCUT2D eigenvalue weighted by atomic mass is 16.5. The van der Waals surface area contributed by atoms with Crippen LogP contribution in [0.5, 0.6) is 0 Å². The van der Waals surface area contributed by atoms with E-state index < -0.39 is 23.4 Å². The fourth-order valence-corrected chi connectivity index (χ4v) is 2.51. The van der Waals surface area contributed by atoms with Crippen LogP contribution in [0.4, 0.5) is 0 Å². The summed E-state index contributed by atoms with van der Waals surface area (Å²) in [5, 5.41) is 10.2. The molecule has 1 heterocycles. The maximum Gasteiger partial charge on any atom is 0.312 e. The third kappa shape index (κ3) is 2.65. The molecular weight excluding hydrogens is 256 g/mol. The maximum absolute atomic E-state index is 12.1. The van der Waals surface area contributed by atoms with E-state index in [4.69, 9.17) is 4.74 Å². The van der Waals surface area contributed by atoms with Gasteiger partial charge >= 0.3 is 5.97 Å². The molecule has 4 nitrogen and oxygen atoms in total. The number of cyclic esters (lactones) is 1. The van der Waals surface area contributed by atoms with E-state index in [1.807, 2.05) is 6.07 Å². The van der Waals surface area contributed by atoms with Gasteiger partial charge in [-0.05, 0) is 0 Å². The van der Waals surface area contributed by atoms with Gasteiger partial charge in [-0.2, -0.15) is 0 Å². The van der Waals surface area contributed by atoms with Gasteiger partial charge in [0, 0.05) is 17.4 Å². The van der Waals surface area contributed by atoms with Crippen molar-refractivity contribution in [1.29, 1.82) is 0 Å². The summed E-state index contributed by atoms with van der Waals surface area (Å²) in [7, 11) is 0. The molecule has 0 aliphatic carbocycles. The monoisotopic (exact) mass is 274 g/mol. The van der Waals surface area contributed by atoms with E-state index in [1.165, 1.54) is 0 Å². The molecule has 3 atom stereocenters. The first-order chi connectivity index (χ1) is 9.48. The molecular formula is C16H18O4. The highest BCUT2D eigenvalue weighted by Crippen LogP contribution is 2.39. The van der Waals surface area contributed by atoms with Crippen LogP contribution in [0.2, 0.25) is 0 Å². The molecule has 20 heavy (non-hydrogen) atoms. The molecule has 2 rings (SSSR count). The Bertz CT molecular complexity index is 523. The topological polar surface area (TPSA) is 63.6 Å². The van der Waals surface area contributed by atoms with Crippen molar-refractivity contribution in [3.8, 4) is 0 Å². The molecule has 0 spiro atoms. The summed E-state index contributed by atoms with van der Waals surface area (Å²) in [6.07, 6.45) is 0.437. The average Bonchev–Trinajstić information content (AvgIpc) is 2.76. The number of Topliss-reactive ketones (excluding diaryl/α,β-unsaturated/α-hetero) is 1. The molecule has 1 fully saturated rings. The zero-order chi connectivity index (χ0) is 14.8. The quantitative estimate of drug-likeness (QED) is 0.506. The zero-order valence-corrected chi connectivity index (χ0v) is 11.4. The first kappa shape index (κ1) is 14.5. The Morgan fingerprint density at radius 1 is 1.55 bits per heavy atom. The Morgan fingerprint density at radius 2 is 2.20 bits per heavy atom. The fraction of sp³-hybridized carbons (Fsp3) is 0.375. The van der Waals surface area contributed by atoms with Gasteiger partial charge in [-0.1, -0.05) is 43.3 Å². The molecule has 0 saturated carbocycles. The van der Waals surface area contributed by atoms with Gasteiger partial charge in [0.05, 0.1) is 12.0 Å². The summed E-state index contributed by atoms with van der Waals surface area (Å²) < 4.78 is 5.00. The summed E-state index contributed by atoms with van der Waals surface area (Å²) in [6.45, 7) is 5.68. The Balaban J connectivity index is 2.12. The number of benzene rings is 1. The Kier molecular flexibility index (Phi) is 4.04. The molecule has 0 radical (unpaired) electrons. The maximum atomic E-state index is 12.1. The number of rotatable bonds is 5. The van der Waals surface area contributed by atoms with Gasteiger partial charge in [0.1, 0.15) is 6.61 Å². The van der Waals surface area contributed by atoms with Crippen LogP contribution in [0.3, 0.4) is 0 Å². The predicted octanol–water partition coefficient (Wildman–Crippen LogP) is 1.99. The molecule has 1 saturated heterocycles. The van der Waals surface area contributed by atoms with Crippen molar-refractivity contribution >= 4 is 11.8 Å². The molecule has 4 heteroatoms. The normalized spacial score (nSPS) is 26.9. The van der Waals surface area contributed by atoms with E-state index in [0.29, 0.717) is 5.56 Å². The first-order valence-electron chi connectivity index (χ1n) is 6.54. The second-order valence-corrected chi connectivity index (χ2v) is 5.36. The van der Waals surface area contributed by atoms with Crippen molar-refractivity contribution < 1.29 is 19.4 Å². The van der Waals surface area contributed by atoms with E-state index in [0.717, 1.165) is 0 Å². The second-order valence-electron chi connectivity index (χ2n) is 5.36. The second kappa shape index (κ2) is 5.59. The number of ether oxygens (including phenoxy) is 1. The van der Waals surface area contributed by atoms with Crippen molar-refractivity contribution in [3.05, 3.63) is 48.6 Å². The first-order valence-corrected chi connectivity index (χ1v) is 6.54. The Hall–Kier alpha value is -1.94. The van der Waals surface area contributed by atoms with Crippen LogP contribution >= 0.6 is 0 Å². The van der Waals surface area contributed by atoms with E-state index in [1.54, 1.807) is 37.3 Å². The minimum Gasteiger partial charge on any atom is -0.464 e. The van der Waals surface area contributed by atoms with Crippen LogP contribution in [0, 0.1) is 11.3 Å². The van der Waals surface area contributed by atoms with Gasteiger partial charge in [0.25, 0.3) is 0 Å². The van der Waals surface area contributed by atoms with Gasteiger partial charge in [-0.25, -0.2) is 0 Å². The molecule has 0 bridgehead atoms. The molecule has 106 valence electrons. The van der Waals surface area contributed by atoms with E-state index in [9.17, 15) is 14.7 Å². The number of carbonyl (C=O) groups excluding carboxylic acids is 2. The van der Waals surface area contributed by atoms with Gasteiger partial charge < -0.3 is 9.84 Å². The van der Waals surface area contributed by atoms with Crippen molar-refractivity contribution in [3.63, 3.8) is 0 Å². The highest BCUT2D eigenvalue weighted by molar-refractivity contribution is 5.96. The largest absolute Gasteiger partial charge is 0.464 e. The Morgan fingerprint density at radius 3 is 2.80 bits per heavy atom. The number of aliphatic hydroxyl groups excluding tert-OH is 1. The van der Waals surface area contributed by atoms with Gasteiger partial charge in [-0.15, -0.1) is 6.58 Å². The highest BCUT2D eigenvalue weighted by Gasteiger charge is 2.49. The summed E-state index contributed by atoms with van der Waals surface area (Å²) in [4.78, 5) is 23.8. The van der Waals surface area contributed by atoms with Crippen LogP contribution < -0.4 is 0 Å². The summed E-state index contributed by atoms with van der Waals surface area (Å²) in [5.41, 5.74) is -0.105. The number of carbonyl (C=O) groups is 2. The molecule has 1 aliphatic heterocycles. The Labute approximate surface area is 118 Å². The standard InChI is InChI=1S/C16H18O4/c1-3-16(2)10-20-15(19)14(16)13(18)9-12(17)11-7-5-4-6-8-11/h3-8,13-14,18H,1,9-10H2,2H3/t13-,14-,16-/m1/s1. The summed E-state index contributed by atoms with van der Waals surface area (Å²) in [6, 6.07) is 8.72. The predicted molar refractivity (Wildman–Crippen MR) is 74.1 cm³/mol. The smallest absolute Gasteiger partial charge is 0.312 e. The molecule has 1 aliphatic rings. The van der Waals surface area contributed by atoms with E-state index >= 15 is 0 Å². The minimum absolute atomic E-state index is 0.104. The zero-order valence-electron chi connectivity index (χ0n) is 11.4. The SMILES string of the molecule is C=C[C@]1(C)COC(=O)[C@H]1[C@H](O)CC(=O)c1ccccc1. The van der Waals surface area contributed by atoms with Crippen LogP contribution in [0.25, 0.3) is 0 Å². The summed E-state index contributed by atoms with van der Waals surface area (Å²) >= 11 is 0. The lowest BCUT2D eigenvalue weighted by molar-refractivity contribution is -0.144. The van der Waals surface area contributed by atoms with Crippen molar-refractivity contribution in [1.82, 2.24) is 0 Å². The molecule has 1 N–H and O–H groups in total. The number of ketones is 1. The minimum atomic E-state index is -1.07. The van der Waals surface area contributed by atoms with Crippen LogP contribution in [-0.2, 0) is 9.53 Å². The van der Waals surface area contributed by atoms with Gasteiger partial charge in [-0.3, -0.25) is 9.59 Å². The van der Waals surface area contributed by atoms with Crippen molar-refractivity contribution in [2.75, 3.05) is 6.61 Å². The average molecular weight is 274 g/mol. The fourth-order valence-electron chi connectivity index (χ4n) is 2.51.